The molecule has 1 fully saturated rings. The van der Waals surface area contributed by atoms with Gasteiger partial charge in [-0.25, -0.2) is 4.79 Å². The highest BCUT2D eigenvalue weighted by molar-refractivity contribution is 5.99. The van der Waals surface area contributed by atoms with Gasteiger partial charge in [-0.1, -0.05) is 70.5 Å². The van der Waals surface area contributed by atoms with Crippen LogP contribution in [-0.2, 0) is 32.1 Å². The average molecular weight is 794 g/mol. The van der Waals surface area contributed by atoms with Crippen molar-refractivity contribution in [3.05, 3.63) is 65.2 Å². The first kappa shape index (κ1) is 46.2. The van der Waals surface area contributed by atoms with Crippen LogP contribution in [0.5, 0.6) is 5.75 Å². The van der Waals surface area contributed by atoms with Gasteiger partial charge in [-0.15, -0.1) is 0 Å². The summed E-state index contributed by atoms with van der Waals surface area (Å²) in [5.41, 5.74) is 13.0. The largest absolute Gasteiger partial charge is 0.494 e. The summed E-state index contributed by atoms with van der Waals surface area (Å²) in [6, 6.07) is 9.69. The molecule has 0 spiro atoms. The molecule has 16 nitrogen and oxygen atoms in total. The molecule has 0 unspecified atom stereocenters. The second-order valence-electron chi connectivity index (χ2n) is 14.9. The van der Waals surface area contributed by atoms with Gasteiger partial charge in [0.25, 0.3) is 5.91 Å². The number of nitrogens with two attached hydrogens (primary N) is 2. The van der Waals surface area contributed by atoms with E-state index in [0.717, 1.165) is 37.3 Å². The Morgan fingerprint density at radius 3 is 2.16 bits per heavy atom. The number of hydrogen-bond donors (Lipinski definition) is 8. The molecular weight excluding hydrogens is 731 g/mol. The summed E-state index contributed by atoms with van der Waals surface area (Å²) in [7, 11) is 0. The molecule has 314 valence electrons. The highest BCUT2D eigenvalue weighted by Gasteiger charge is 2.34. The van der Waals surface area contributed by atoms with Crippen molar-refractivity contribution < 1.29 is 33.8 Å². The number of nitrogens with zero attached hydrogens (tertiary/aromatic N) is 2. The SMILES string of the molecule is CCOc1cc(C(=O)N[C@@H](CCCN=C(N)N)C(=O)N[C@@H](CC(C)C)C(=O)N[C@H](C(=O)N[C@@H](Cc2ccccc2)C(=O)O)[C@@H](C)CC)ccc1CN1CCNCC1. The van der Waals surface area contributed by atoms with Crippen molar-refractivity contribution in [3.63, 3.8) is 0 Å². The van der Waals surface area contributed by atoms with E-state index in [2.05, 4.69) is 36.5 Å². The molecule has 2 aromatic rings. The van der Waals surface area contributed by atoms with E-state index in [-0.39, 0.29) is 43.6 Å². The number of carboxylic acids is 1. The first-order valence-electron chi connectivity index (χ1n) is 19.9. The Balaban J connectivity index is 1.81. The Bertz CT molecular complexity index is 1650. The van der Waals surface area contributed by atoms with Gasteiger partial charge in [-0.3, -0.25) is 29.1 Å². The van der Waals surface area contributed by atoms with Crippen LogP contribution in [0.3, 0.4) is 0 Å². The number of rotatable bonds is 23. The van der Waals surface area contributed by atoms with E-state index < -0.39 is 53.8 Å². The van der Waals surface area contributed by atoms with Crippen molar-refractivity contribution in [1.82, 2.24) is 31.5 Å². The summed E-state index contributed by atoms with van der Waals surface area (Å²) >= 11 is 0. The Morgan fingerprint density at radius 1 is 0.877 bits per heavy atom. The Kier molecular flexibility index (Phi) is 19.2. The summed E-state index contributed by atoms with van der Waals surface area (Å²) in [6.45, 7) is 14.2. The van der Waals surface area contributed by atoms with Crippen molar-refractivity contribution in [2.45, 2.75) is 97.4 Å². The summed E-state index contributed by atoms with van der Waals surface area (Å²) < 4.78 is 5.93. The van der Waals surface area contributed by atoms with Crippen LogP contribution in [0, 0.1) is 11.8 Å². The van der Waals surface area contributed by atoms with E-state index in [0.29, 0.717) is 37.3 Å². The molecule has 4 amide bonds. The molecule has 0 saturated carbocycles. The summed E-state index contributed by atoms with van der Waals surface area (Å²) in [4.78, 5) is 73.8. The Hall–Kier alpha value is -5.22. The maximum Gasteiger partial charge on any atom is 0.326 e. The number of hydrogen-bond acceptors (Lipinski definition) is 9. The van der Waals surface area contributed by atoms with E-state index in [1.807, 2.05) is 39.8 Å². The normalized spacial score (nSPS) is 15.6. The van der Waals surface area contributed by atoms with Crippen molar-refractivity contribution in [1.29, 1.82) is 0 Å². The van der Waals surface area contributed by atoms with Gasteiger partial charge in [0.15, 0.2) is 5.96 Å². The number of aliphatic imine (C=N–C) groups is 1. The van der Waals surface area contributed by atoms with Crippen LogP contribution in [-0.4, -0.2) is 109 Å². The van der Waals surface area contributed by atoms with Crippen molar-refractivity contribution in [2.75, 3.05) is 39.3 Å². The van der Waals surface area contributed by atoms with Gasteiger partial charge in [0.1, 0.15) is 29.9 Å². The molecule has 3 rings (SSSR count). The minimum Gasteiger partial charge on any atom is -0.494 e. The average Bonchev–Trinajstić information content (AvgIpc) is 3.18. The molecule has 0 radical (unpaired) electrons. The smallest absolute Gasteiger partial charge is 0.326 e. The van der Waals surface area contributed by atoms with E-state index >= 15 is 0 Å². The van der Waals surface area contributed by atoms with Gasteiger partial charge in [-0.05, 0) is 55.7 Å². The standard InChI is InChI=1S/C41H63N9O7/c1-6-27(5)35(39(54)48-33(40(55)56)23-28-12-9-8-10-13-28)49-38(53)32(22-26(3)4)47-37(52)31(14-11-17-45-41(42)43)46-36(51)29-15-16-30(34(24-29)57-7-2)25-50-20-18-44-19-21-50/h8-10,12-13,15-16,24,26-27,31-33,35,44H,6-7,11,14,17-23,25H2,1-5H3,(H,46,51)(H,47,52)(H,48,54)(H,49,53)(H,55,56)(H4,42,43,45)/t27-,31-,32-,33-,35-/m0/s1. The fourth-order valence-electron chi connectivity index (χ4n) is 6.48. The topological polar surface area (TPSA) is 243 Å². The fraction of sp³-hybridized carbons (Fsp3) is 0.561. The number of amides is 4. The van der Waals surface area contributed by atoms with Crippen LogP contribution in [0.4, 0.5) is 0 Å². The van der Waals surface area contributed by atoms with Gasteiger partial charge in [0, 0.05) is 56.8 Å². The summed E-state index contributed by atoms with van der Waals surface area (Å²) in [6.07, 6.45) is 1.27. The summed E-state index contributed by atoms with van der Waals surface area (Å²) in [5.74, 6) is -3.52. The van der Waals surface area contributed by atoms with Crippen molar-refractivity contribution >= 4 is 35.6 Å². The number of piperazine rings is 1. The maximum absolute atomic E-state index is 14.0. The molecule has 0 aromatic heterocycles. The lowest BCUT2D eigenvalue weighted by molar-refractivity contribution is -0.142. The molecule has 0 bridgehead atoms. The van der Waals surface area contributed by atoms with Crippen molar-refractivity contribution in [2.24, 2.45) is 28.3 Å². The molecule has 2 aromatic carbocycles. The number of ether oxygens (including phenoxy) is 1. The molecule has 1 aliphatic rings. The summed E-state index contributed by atoms with van der Waals surface area (Å²) in [5, 5.41) is 24.3. The predicted octanol–water partition coefficient (Wildman–Crippen LogP) is 1.52. The third-order valence-corrected chi connectivity index (χ3v) is 9.83. The molecule has 10 N–H and O–H groups in total. The lowest BCUT2D eigenvalue weighted by atomic mass is 9.96. The Labute approximate surface area is 336 Å². The van der Waals surface area contributed by atoms with Crippen molar-refractivity contribution in [3.8, 4) is 5.75 Å². The maximum atomic E-state index is 14.0. The number of guanidine groups is 1. The second kappa shape index (κ2) is 23.8. The number of benzene rings is 2. The molecule has 57 heavy (non-hydrogen) atoms. The number of aliphatic carboxylic acids is 1. The first-order valence-corrected chi connectivity index (χ1v) is 19.9. The second-order valence-corrected chi connectivity index (χ2v) is 14.9. The van der Waals surface area contributed by atoms with Gasteiger partial charge in [-0.2, -0.15) is 0 Å². The lowest BCUT2D eigenvalue weighted by Gasteiger charge is -2.29. The molecule has 1 heterocycles. The number of nitrogens with one attached hydrogen (secondary N) is 5. The zero-order chi connectivity index (χ0) is 41.9. The van der Waals surface area contributed by atoms with Crippen LogP contribution >= 0.6 is 0 Å². The van der Waals surface area contributed by atoms with Crippen LogP contribution in [0.15, 0.2) is 53.5 Å². The van der Waals surface area contributed by atoms with E-state index in [1.54, 1.807) is 43.3 Å². The van der Waals surface area contributed by atoms with E-state index in [1.165, 1.54) is 0 Å². The van der Waals surface area contributed by atoms with Gasteiger partial charge < -0.3 is 47.9 Å². The quantitative estimate of drug-likeness (QED) is 0.0456. The predicted molar refractivity (Wildman–Crippen MR) is 219 cm³/mol. The van der Waals surface area contributed by atoms with Gasteiger partial charge in [0.05, 0.1) is 6.61 Å². The minimum atomic E-state index is -1.23. The number of carboxylic acid groups (broad SMARTS) is 1. The fourth-order valence-corrected chi connectivity index (χ4v) is 6.48. The van der Waals surface area contributed by atoms with E-state index in [9.17, 15) is 29.1 Å². The number of carbonyl (C=O) groups excluding carboxylic acids is 4. The highest BCUT2D eigenvalue weighted by atomic mass is 16.5. The molecule has 16 heteroatoms. The first-order chi connectivity index (χ1) is 27.2. The monoisotopic (exact) mass is 793 g/mol. The molecule has 5 atom stereocenters. The zero-order valence-electron chi connectivity index (χ0n) is 34.0. The lowest BCUT2D eigenvalue weighted by Crippen LogP contribution is -2.59. The van der Waals surface area contributed by atoms with E-state index in [4.69, 9.17) is 16.2 Å². The Morgan fingerprint density at radius 2 is 1.54 bits per heavy atom. The minimum absolute atomic E-state index is 0.0502. The van der Waals surface area contributed by atoms with Crippen LogP contribution in [0.1, 0.15) is 81.8 Å². The molecular formula is C41H63N9O7. The molecule has 1 aliphatic heterocycles. The third-order valence-electron chi connectivity index (χ3n) is 9.83. The number of carbonyl (C=O) groups is 5. The van der Waals surface area contributed by atoms with Crippen LogP contribution in [0.25, 0.3) is 0 Å². The zero-order valence-corrected chi connectivity index (χ0v) is 34.0. The molecule has 0 aliphatic carbocycles. The van der Waals surface area contributed by atoms with Gasteiger partial charge >= 0.3 is 5.97 Å². The van der Waals surface area contributed by atoms with Crippen LogP contribution in [0.2, 0.25) is 0 Å². The van der Waals surface area contributed by atoms with Gasteiger partial charge in [0.2, 0.25) is 17.7 Å². The highest BCUT2D eigenvalue weighted by Crippen LogP contribution is 2.23. The third kappa shape index (κ3) is 15.7. The van der Waals surface area contributed by atoms with Crippen LogP contribution < -0.4 is 42.8 Å². The molecule has 1 saturated heterocycles.